The Balaban J connectivity index is 1.27. The summed E-state index contributed by atoms with van der Waals surface area (Å²) in [5.41, 5.74) is 2.41. The van der Waals surface area contributed by atoms with Crippen molar-refractivity contribution in [1.29, 1.82) is 5.26 Å². The van der Waals surface area contributed by atoms with Crippen molar-refractivity contribution >= 4 is 17.5 Å². The Morgan fingerprint density at radius 2 is 1.71 bits per heavy atom. The molecule has 1 aliphatic rings. The van der Waals surface area contributed by atoms with E-state index in [1.54, 1.807) is 41.3 Å². The third-order valence-corrected chi connectivity index (χ3v) is 5.77. The second-order valence-corrected chi connectivity index (χ2v) is 8.21. The lowest BCUT2D eigenvalue weighted by atomic mass is 10.1. The normalized spacial score (nSPS) is 13.7. The molecule has 1 fully saturated rings. The van der Waals surface area contributed by atoms with Gasteiger partial charge in [0.15, 0.2) is 0 Å². The fourth-order valence-corrected chi connectivity index (χ4v) is 3.86. The molecule has 0 atom stereocenters. The Morgan fingerprint density at radius 1 is 0.971 bits per heavy atom. The Kier molecular flexibility index (Phi) is 7.70. The average Bonchev–Trinajstić information content (AvgIpc) is 2.89. The van der Waals surface area contributed by atoms with Crippen LogP contribution >= 0.6 is 0 Å². The molecule has 8 heteroatoms. The van der Waals surface area contributed by atoms with Crippen LogP contribution in [-0.4, -0.2) is 54.3 Å². The molecule has 4 rings (SSSR count). The lowest BCUT2D eigenvalue weighted by molar-refractivity contribution is -0.117. The fraction of sp³-hybridized carbons (Fsp3) is 0.222. The summed E-state index contributed by atoms with van der Waals surface area (Å²) in [6.45, 7) is 2.59. The molecule has 2 amide bonds. The molecule has 0 spiro atoms. The van der Waals surface area contributed by atoms with E-state index in [2.05, 4.69) is 11.4 Å². The summed E-state index contributed by atoms with van der Waals surface area (Å²) in [6, 6.07) is 22.0. The van der Waals surface area contributed by atoms with Gasteiger partial charge in [-0.1, -0.05) is 24.3 Å². The minimum atomic E-state index is -0.356. The van der Waals surface area contributed by atoms with Gasteiger partial charge in [-0.25, -0.2) is 4.39 Å². The predicted octanol–water partition coefficient (Wildman–Crippen LogP) is 3.67. The second-order valence-electron chi connectivity index (χ2n) is 8.21. The molecular formula is C27H25FN4O3. The minimum Gasteiger partial charge on any atom is -0.489 e. The summed E-state index contributed by atoms with van der Waals surface area (Å²) in [6.07, 6.45) is 0. The van der Waals surface area contributed by atoms with Gasteiger partial charge in [-0.15, -0.1) is 0 Å². The highest BCUT2D eigenvalue weighted by Gasteiger charge is 2.23. The van der Waals surface area contributed by atoms with Crippen LogP contribution in [0.2, 0.25) is 0 Å². The molecule has 0 radical (unpaired) electrons. The molecular weight excluding hydrogens is 447 g/mol. The molecule has 0 saturated carbocycles. The first-order valence-electron chi connectivity index (χ1n) is 11.3. The number of carbonyl (C=O) groups is 2. The molecule has 1 N–H and O–H groups in total. The van der Waals surface area contributed by atoms with Crippen LogP contribution in [0.3, 0.4) is 0 Å². The number of nitrogens with zero attached hydrogens (tertiary/aromatic N) is 3. The van der Waals surface area contributed by atoms with Crippen LogP contribution in [-0.2, 0) is 11.4 Å². The summed E-state index contributed by atoms with van der Waals surface area (Å²) in [7, 11) is 0. The largest absolute Gasteiger partial charge is 0.489 e. The number of rotatable bonds is 7. The summed E-state index contributed by atoms with van der Waals surface area (Å²) in [4.78, 5) is 29.1. The van der Waals surface area contributed by atoms with Gasteiger partial charge in [-0.2, -0.15) is 5.26 Å². The number of nitriles is 1. The zero-order valence-electron chi connectivity index (χ0n) is 19.1. The number of piperazine rings is 1. The summed E-state index contributed by atoms with van der Waals surface area (Å²) in [5, 5.41) is 12.0. The van der Waals surface area contributed by atoms with Crippen LogP contribution in [0.4, 0.5) is 10.1 Å². The monoisotopic (exact) mass is 472 g/mol. The highest BCUT2D eigenvalue weighted by molar-refractivity contribution is 5.95. The number of halogens is 1. The number of hydrogen-bond acceptors (Lipinski definition) is 5. The second kappa shape index (κ2) is 11.3. The fourth-order valence-electron chi connectivity index (χ4n) is 3.86. The molecule has 0 bridgehead atoms. The van der Waals surface area contributed by atoms with Gasteiger partial charge in [0.25, 0.3) is 5.91 Å². The molecule has 35 heavy (non-hydrogen) atoms. The molecule has 1 saturated heterocycles. The smallest absolute Gasteiger partial charge is 0.254 e. The minimum absolute atomic E-state index is 0.0942. The molecule has 7 nitrogen and oxygen atoms in total. The number of carbonyl (C=O) groups excluding carboxylic acids is 2. The number of anilines is 1. The van der Waals surface area contributed by atoms with Crippen molar-refractivity contribution in [2.45, 2.75) is 6.61 Å². The molecule has 1 heterocycles. The Labute approximate surface area is 203 Å². The van der Waals surface area contributed by atoms with Gasteiger partial charge in [0.2, 0.25) is 5.91 Å². The van der Waals surface area contributed by atoms with E-state index in [1.165, 1.54) is 24.3 Å². The molecule has 3 aromatic rings. The van der Waals surface area contributed by atoms with Crippen LogP contribution in [0.15, 0.2) is 72.8 Å². The number of hydrogen-bond donors (Lipinski definition) is 1. The van der Waals surface area contributed by atoms with E-state index in [0.29, 0.717) is 48.7 Å². The topological polar surface area (TPSA) is 85.7 Å². The van der Waals surface area contributed by atoms with Crippen molar-refractivity contribution in [2.75, 3.05) is 38.0 Å². The quantitative estimate of drug-likeness (QED) is 0.567. The third kappa shape index (κ3) is 6.43. The van der Waals surface area contributed by atoms with E-state index in [4.69, 9.17) is 4.74 Å². The van der Waals surface area contributed by atoms with Gasteiger partial charge in [0.05, 0.1) is 18.2 Å². The lowest BCUT2D eigenvalue weighted by Crippen LogP contribution is -2.50. The molecule has 0 aromatic heterocycles. The molecule has 3 aromatic carbocycles. The van der Waals surface area contributed by atoms with Crippen molar-refractivity contribution in [3.63, 3.8) is 0 Å². The van der Waals surface area contributed by atoms with Crippen molar-refractivity contribution in [3.8, 4) is 11.8 Å². The number of nitrogens with one attached hydrogen (secondary N) is 1. The predicted molar refractivity (Wildman–Crippen MR) is 129 cm³/mol. The van der Waals surface area contributed by atoms with Crippen molar-refractivity contribution in [1.82, 2.24) is 9.80 Å². The van der Waals surface area contributed by atoms with Gasteiger partial charge in [0, 0.05) is 43.0 Å². The van der Waals surface area contributed by atoms with E-state index < -0.39 is 0 Å². The molecule has 0 aliphatic carbocycles. The van der Waals surface area contributed by atoms with Crippen LogP contribution < -0.4 is 10.1 Å². The van der Waals surface area contributed by atoms with Gasteiger partial charge in [0.1, 0.15) is 18.2 Å². The zero-order valence-corrected chi connectivity index (χ0v) is 19.1. The van der Waals surface area contributed by atoms with Crippen molar-refractivity contribution in [3.05, 3.63) is 95.3 Å². The van der Waals surface area contributed by atoms with Crippen molar-refractivity contribution < 1.29 is 18.7 Å². The van der Waals surface area contributed by atoms with Gasteiger partial charge >= 0.3 is 0 Å². The highest BCUT2D eigenvalue weighted by Crippen LogP contribution is 2.19. The summed E-state index contributed by atoms with van der Waals surface area (Å²) >= 11 is 0. The zero-order chi connectivity index (χ0) is 24.6. The first-order valence-corrected chi connectivity index (χ1v) is 11.3. The van der Waals surface area contributed by atoms with E-state index in [1.807, 2.05) is 17.0 Å². The van der Waals surface area contributed by atoms with E-state index in [-0.39, 0.29) is 30.8 Å². The van der Waals surface area contributed by atoms with Gasteiger partial charge < -0.3 is 15.0 Å². The SMILES string of the molecule is N#Cc1ccccc1COc1cccc(C(=O)N2CCN(CC(=O)Nc3ccc(F)cc3)CC2)c1. The summed E-state index contributed by atoms with van der Waals surface area (Å²) in [5.74, 6) is -0.0765. The van der Waals surface area contributed by atoms with Gasteiger partial charge in [-0.3, -0.25) is 14.5 Å². The third-order valence-electron chi connectivity index (χ3n) is 5.77. The maximum Gasteiger partial charge on any atom is 0.254 e. The van der Waals surface area contributed by atoms with Crippen molar-refractivity contribution in [2.24, 2.45) is 0 Å². The standard InChI is InChI=1S/C27H25FN4O3/c28-23-8-10-24(11-9-23)30-26(33)18-31-12-14-32(15-13-31)27(34)20-6-3-7-25(16-20)35-19-22-5-2-1-4-21(22)17-29/h1-11,16H,12-15,18-19H2,(H,30,33). The number of amides is 2. The first-order chi connectivity index (χ1) is 17.0. The number of ether oxygens (including phenoxy) is 1. The van der Waals surface area contributed by atoms with E-state index >= 15 is 0 Å². The highest BCUT2D eigenvalue weighted by atomic mass is 19.1. The van der Waals surface area contributed by atoms with Crippen LogP contribution in [0, 0.1) is 17.1 Å². The maximum atomic E-state index is 13.0. The van der Waals surface area contributed by atoms with Gasteiger partial charge in [-0.05, 0) is 48.5 Å². The van der Waals surface area contributed by atoms with Crippen LogP contribution in [0.5, 0.6) is 5.75 Å². The maximum absolute atomic E-state index is 13.0. The lowest BCUT2D eigenvalue weighted by Gasteiger charge is -2.34. The van der Waals surface area contributed by atoms with E-state index in [9.17, 15) is 19.2 Å². The average molecular weight is 473 g/mol. The Hall–Kier alpha value is -4.22. The Bertz CT molecular complexity index is 1230. The first kappa shape index (κ1) is 23.9. The molecule has 1 aliphatic heterocycles. The number of benzene rings is 3. The molecule has 0 unspecified atom stereocenters. The van der Waals surface area contributed by atoms with E-state index in [0.717, 1.165) is 5.56 Å². The summed E-state index contributed by atoms with van der Waals surface area (Å²) < 4.78 is 18.8. The van der Waals surface area contributed by atoms with Crippen LogP contribution in [0.1, 0.15) is 21.5 Å². The Morgan fingerprint density at radius 3 is 2.46 bits per heavy atom. The molecule has 178 valence electrons. The van der Waals surface area contributed by atoms with Crippen LogP contribution in [0.25, 0.3) is 0 Å².